The largest absolute Gasteiger partial charge is 0.306 e. The van der Waals surface area contributed by atoms with Crippen LogP contribution in [0.25, 0.3) is 0 Å². The number of nitrogens with one attached hydrogen (secondary N) is 1. The highest BCUT2D eigenvalue weighted by molar-refractivity contribution is 9.10. The van der Waals surface area contributed by atoms with Crippen molar-refractivity contribution in [3.63, 3.8) is 0 Å². The van der Waals surface area contributed by atoms with Crippen LogP contribution in [0.5, 0.6) is 0 Å². The molecule has 1 aromatic rings. The van der Waals surface area contributed by atoms with Crippen LogP contribution in [0.1, 0.15) is 44.7 Å². The Labute approximate surface area is 127 Å². The molecule has 0 bridgehead atoms. The Morgan fingerprint density at radius 3 is 2.95 bits per heavy atom. The minimum absolute atomic E-state index is 0.192. The molecule has 1 aromatic carbocycles. The van der Waals surface area contributed by atoms with Crippen LogP contribution < -0.4 is 5.32 Å². The first-order valence-electron chi connectivity index (χ1n) is 6.94. The van der Waals surface area contributed by atoms with Gasteiger partial charge in [-0.3, -0.25) is 0 Å². The number of hydrogen-bond donors (Lipinski definition) is 1. The molecule has 4 heteroatoms. The summed E-state index contributed by atoms with van der Waals surface area (Å²) in [4.78, 5) is 0. The molecule has 3 atom stereocenters. The highest BCUT2D eigenvalue weighted by Gasteiger charge is 2.28. The van der Waals surface area contributed by atoms with E-state index in [9.17, 15) is 4.39 Å². The molecule has 3 unspecified atom stereocenters. The lowest BCUT2D eigenvalue weighted by Crippen LogP contribution is -2.36. The minimum atomic E-state index is -0.192. The summed E-state index contributed by atoms with van der Waals surface area (Å²) in [5, 5.41) is 4.45. The van der Waals surface area contributed by atoms with Gasteiger partial charge in [0, 0.05) is 21.8 Å². The second kappa shape index (κ2) is 7.09. The third kappa shape index (κ3) is 3.96. The summed E-state index contributed by atoms with van der Waals surface area (Å²) in [6, 6.07) is 5.77. The van der Waals surface area contributed by atoms with E-state index in [1.807, 2.05) is 6.07 Å². The third-order valence-electron chi connectivity index (χ3n) is 3.73. The van der Waals surface area contributed by atoms with Crippen LogP contribution in [0.2, 0.25) is 0 Å². The van der Waals surface area contributed by atoms with Crippen molar-refractivity contribution in [1.29, 1.82) is 0 Å². The Morgan fingerprint density at radius 2 is 2.26 bits per heavy atom. The molecule has 0 aromatic heterocycles. The summed E-state index contributed by atoms with van der Waals surface area (Å²) in [5.74, 6) is 0.986. The maximum absolute atomic E-state index is 13.1. The van der Waals surface area contributed by atoms with Crippen molar-refractivity contribution in [3.8, 4) is 0 Å². The van der Waals surface area contributed by atoms with Crippen LogP contribution in [-0.2, 0) is 0 Å². The quantitative estimate of drug-likeness (QED) is 0.813. The number of hydrogen-bond acceptors (Lipinski definition) is 2. The number of halogens is 2. The van der Waals surface area contributed by atoms with Crippen molar-refractivity contribution >= 4 is 27.7 Å². The number of rotatable bonds is 5. The molecule has 1 saturated carbocycles. The van der Waals surface area contributed by atoms with Gasteiger partial charge in [-0.2, -0.15) is 11.8 Å². The molecule has 1 aliphatic rings. The first-order valence-corrected chi connectivity index (χ1v) is 8.78. The van der Waals surface area contributed by atoms with Crippen molar-refractivity contribution in [2.24, 2.45) is 0 Å². The molecule has 1 nitrogen and oxygen atoms in total. The van der Waals surface area contributed by atoms with Crippen LogP contribution >= 0.6 is 27.7 Å². The Bertz CT molecular complexity index is 427. The fourth-order valence-corrected chi connectivity index (χ4v) is 4.70. The highest BCUT2D eigenvalue weighted by atomic mass is 79.9. The lowest BCUT2D eigenvalue weighted by atomic mass is 10.1. The summed E-state index contributed by atoms with van der Waals surface area (Å²) in [7, 11) is 0. The highest BCUT2D eigenvalue weighted by Crippen LogP contribution is 2.32. The van der Waals surface area contributed by atoms with E-state index in [1.165, 1.54) is 31.1 Å². The van der Waals surface area contributed by atoms with E-state index in [0.717, 1.165) is 15.3 Å². The molecule has 0 spiro atoms. The molecule has 0 saturated heterocycles. The lowest BCUT2D eigenvalue weighted by Gasteiger charge is -2.25. The first-order chi connectivity index (χ1) is 9.11. The maximum Gasteiger partial charge on any atom is 0.124 e. The van der Waals surface area contributed by atoms with Gasteiger partial charge in [0.25, 0.3) is 0 Å². The zero-order valence-electron chi connectivity index (χ0n) is 11.5. The first kappa shape index (κ1) is 15.3. The van der Waals surface area contributed by atoms with Crippen molar-refractivity contribution in [3.05, 3.63) is 34.1 Å². The van der Waals surface area contributed by atoms with Crippen molar-refractivity contribution in [2.45, 2.75) is 50.4 Å². The predicted molar refractivity (Wildman–Crippen MR) is 85.2 cm³/mol. The molecule has 2 rings (SSSR count). The van der Waals surface area contributed by atoms with Crippen LogP contribution in [0, 0.1) is 5.82 Å². The SMILES string of the molecule is CCSC1CCCC1NC(C)c1ccc(F)cc1Br. The summed E-state index contributed by atoms with van der Waals surface area (Å²) in [6.07, 6.45) is 3.88. The van der Waals surface area contributed by atoms with E-state index in [1.54, 1.807) is 6.07 Å². The molecule has 1 fully saturated rings. The molecule has 0 radical (unpaired) electrons. The van der Waals surface area contributed by atoms with Crippen LogP contribution in [0.15, 0.2) is 22.7 Å². The van der Waals surface area contributed by atoms with E-state index in [-0.39, 0.29) is 11.9 Å². The smallest absolute Gasteiger partial charge is 0.124 e. The molecule has 1 aliphatic carbocycles. The van der Waals surface area contributed by atoms with Gasteiger partial charge >= 0.3 is 0 Å². The molecule has 0 aliphatic heterocycles. The fourth-order valence-electron chi connectivity index (χ4n) is 2.79. The van der Waals surface area contributed by atoms with Gasteiger partial charge in [-0.15, -0.1) is 0 Å². The van der Waals surface area contributed by atoms with Gasteiger partial charge in [-0.05, 0) is 43.2 Å². The predicted octanol–water partition coefficient (Wildman–Crippen LogP) is 4.91. The molecule has 106 valence electrons. The topological polar surface area (TPSA) is 12.0 Å². The molecule has 19 heavy (non-hydrogen) atoms. The van der Waals surface area contributed by atoms with E-state index < -0.39 is 0 Å². The Morgan fingerprint density at radius 1 is 1.47 bits per heavy atom. The molecular weight excluding hydrogens is 325 g/mol. The van der Waals surface area contributed by atoms with Crippen LogP contribution in [0.3, 0.4) is 0 Å². The molecule has 1 N–H and O–H groups in total. The van der Waals surface area contributed by atoms with E-state index in [2.05, 4.69) is 46.9 Å². The molecule has 0 amide bonds. The van der Waals surface area contributed by atoms with Crippen molar-refractivity contribution < 1.29 is 4.39 Å². The second-order valence-electron chi connectivity index (χ2n) is 5.09. The van der Waals surface area contributed by atoms with Gasteiger partial charge in [0.1, 0.15) is 5.82 Å². The maximum atomic E-state index is 13.1. The number of benzene rings is 1. The van der Waals surface area contributed by atoms with Crippen LogP contribution in [0.4, 0.5) is 4.39 Å². The molecule has 0 heterocycles. The van der Waals surface area contributed by atoms with Gasteiger partial charge in [-0.25, -0.2) is 4.39 Å². The van der Waals surface area contributed by atoms with Crippen LogP contribution in [-0.4, -0.2) is 17.0 Å². The monoisotopic (exact) mass is 345 g/mol. The third-order valence-corrected chi connectivity index (χ3v) is 5.74. The lowest BCUT2D eigenvalue weighted by molar-refractivity contribution is 0.465. The van der Waals surface area contributed by atoms with Crippen molar-refractivity contribution in [2.75, 3.05) is 5.75 Å². The number of thioether (sulfide) groups is 1. The zero-order chi connectivity index (χ0) is 13.8. The van der Waals surface area contributed by atoms with E-state index in [0.29, 0.717) is 6.04 Å². The van der Waals surface area contributed by atoms with Crippen molar-refractivity contribution in [1.82, 2.24) is 5.32 Å². The van der Waals surface area contributed by atoms with Gasteiger partial charge in [0.05, 0.1) is 0 Å². The van der Waals surface area contributed by atoms with E-state index >= 15 is 0 Å². The summed E-state index contributed by atoms with van der Waals surface area (Å²) in [6.45, 7) is 4.38. The van der Waals surface area contributed by atoms with Gasteiger partial charge in [-0.1, -0.05) is 35.3 Å². The Hall–Kier alpha value is -0.0600. The Kier molecular flexibility index (Phi) is 5.72. The second-order valence-corrected chi connectivity index (χ2v) is 7.46. The normalized spacial score (nSPS) is 24.6. The van der Waals surface area contributed by atoms with E-state index in [4.69, 9.17) is 0 Å². The average Bonchev–Trinajstić information content (AvgIpc) is 2.77. The van der Waals surface area contributed by atoms with Gasteiger partial charge in [0.15, 0.2) is 0 Å². The Balaban J connectivity index is 2.02. The molecular formula is C15H21BrFNS. The standard InChI is InChI=1S/C15H21BrFNS/c1-3-19-15-6-4-5-14(15)18-10(2)12-8-7-11(17)9-13(12)16/h7-10,14-15,18H,3-6H2,1-2H3. The summed E-state index contributed by atoms with van der Waals surface area (Å²) >= 11 is 5.51. The fraction of sp³-hybridized carbons (Fsp3) is 0.600. The zero-order valence-corrected chi connectivity index (χ0v) is 13.9. The summed E-state index contributed by atoms with van der Waals surface area (Å²) in [5.41, 5.74) is 1.13. The summed E-state index contributed by atoms with van der Waals surface area (Å²) < 4.78 is 14.0. The van der Waals surface area contributed by atoms with Gasteiger partial charge < -0.3 is 5.32 Å². The van der Waals surface area contributed by atoms with Gasteiger partial charge in [0.2, 0.25) is 0 Å². The average molecular weight is 346 g/mol. The minimum Gasteiger partial charge on any atom is -0.306 e.